The molecule has 0 fully saturated rings. The third-order valence-corrected chi connectivity index (χ3v) is 6.20. The van der Waals surface area contributed by atoms with Crippen molar-refractivity contribution >= 4 is 44.8 Å². The van der Waals surface area contributed by atoms with Gasteiger partial charge < -0.3 is 5.32 Å². The van der Waals surface area contributed by atoms with Gasteiger partial charge in [-0.25, -0.2) is 18.2 Å². The SMILES string of the molecule is CCN(c1ccccc1)S(=O)(=O)c1ccc(NNC(=O)Nc2ccc(Cl)cc2)nc1. The Morgan fingerprint density at radius 3 is 2.33 bits per heavy atom. The highest BCUT2D eigenvalue weighted by Gasteiger charge is 2.23. The van der Waals surface area contributed by atoms with Crippen LogP contribution >= 0.6 is 11.6 Å². The number of benzene rings is 2. The zero-order valence-electron chi connectivity index (χ0n) is 16.0. The number of aromatic nitrogens is 1. The number of urea groups is 1. The second kappa shape index (κ2) is 9.47. The van der Waals surface area contributed by atoms with Gasteiger partial charge in [0.2, 0.25) is 0 Å². The van der Waals surface area contributed by atoms with Crippen LogP contribution in [0.5, 0.6) is 0 Å². The summed E-state index contributed by atoms with van der Waals surface area (Å²) in [6.45, 7) is 2.04. The van der Waals surface area contributed by atoms with Gasteiger partial charge in [-0.1, -0.05) is 29.8 Å². The number of para-hydroxylation sites is 1. The minimum atomic E-state index is -3.76. The Bertz CT molecular complexity index is 1090. The molecule has 0 bridgehead atoms. The molecule has 3 aromatic rings. The maximum atomic E-state index is 12.9. The molecule has 156 valence electrons. The third-order valence-electron chi connectivity index (χ3n) is 4.06. The average Bonchev–Trinajstić information content (AvgIpc) is 2.75. The van der Waals surface area contributed by atoms with Gasteiger partial charge in [-0.2, -0.15) is 0 Å². The first-order valence-corrected chi connectivity index (χ1v) is 10.8. The molecule has 2 amide bonds. The predicted molar refractivity (Wildman–Crippen MR) is 118 cm³/mol. The highest BCUT2D eigenvalue weighted by molar-refractivity contribution is 7.92. The molecule has 0 saturated carbocycles. The minimum absolute atomic E-state index is 0.0457. The fraction of sp³-hybridized carbons (Fsp3) is 0.100. The Morgan fingerprint density at radius 1 is 1.03 bits per heavy atom. The molecule has 0 aliphatic heterocycles. The van der Waals surface area contributed by atoms with E-state index in [4.69, 9.17) is 11.6 Å². The van der Waals surface area contributed by atoms with Gasteiger partial charge in [0.15, 0.2) is 0 Å². The molecular weight excluding hydrogens is 426 g/mol. The van der Waals surface area contributed by atoms with Crippen LogP contribution in [0.1, 0.15) is 6.92 Å². The van der Waals surface area contributed by atoms with Gasteiger partial charge in [-0.05, 0) is 55.5 Å². The molecule has 0 radical (unpaired) electrons. The van der Waals surface area contributed by atoms with Crippen LogP contribution in [0.15, 0.2) is 77.8 Å². The number of carbonyl (C=O) groups is 1. The van der Waals surface area contributed by atoms with Crippen molar-refractivity contribution in [3.63, 3.8) is 0 Å². The molecule has 2 aromatic carbocycles. The summed E-state index contributed by atoms with van der Waals surface area (Å²) >= 11 is 5.80. The van der Waals surface area contributed by atoms with Gasteiger partial charge in [0, 0.05) is 23.5 Å². The van der Waals surface area contributed by atoms with E-state index < -0.39 is 16.1 Å². The number of halogens is 1. The molecule has 3 rings (SSSR count). The number of amides is 2. The van der Waals surface area contributed by atoms with Crippen LogP contribution in [-0.2, 0) is 10.0 Å². The first-order chi connectivity index (χ1) is 14.4. The lowest BCUT2D eigenvalue weighted by Crippen LogP contribution is -2.34. The molecular formula is C20H20ClN5O3S. The van der Waals surface area contributed by atoms with Crippen LogP contribution in [0.25, 0.3) is 0 Å². The zero-order chi connectivity index (χ0) is 21.6. The van der Waals surface area contributed by atoms with Crippen molar-refractivity contribution in [1.29, 1.82) is 0 Å². The number of hydrogen-bond donors (Lipinski definition) is 3. The predicted octanol–water partition coefficient (Wildman–Crippen LogP) is 4.10. The van der Waals surface area contributed by atoms with Gasteiger partial charge >= 0.3 is 6.03 Å². The van der Waals surface area contributed by atoms with E-state index >= 15 is 0 Å². The number of nitrogens with zero attached hydrogens (tertiary/aromatic N) is 2. The molecule has 10 heteroatoms. The van der Waals surface area contributed by atoms with E-state index in [2.05, 4.69) is 21.2 Å². The summed E-state index contributed by atoms with van der Waals surface area (Å²) in [7, 11) is -3.76. The molecule has 0 aliphatic rings. The van der Waals surface area contributed by atoms with Crippen molar-refractivity contribution in [2.45, 2.75) is 11.8 Å². The van der Waals surface area contributed by atoms with E-state index in [1.54, 1.807) is 55.5 Å². The van der Waals surface area contributed by atoms with E-state index in [0.717, 1.165) is 0 Å². The number of sulfonamides is 1. The topological polar surface area (TPSA) is 103 Å². The van der Waals surface area contributed by atoms with Gasteiger partial charge in [0.05, 0.1) is 5.69 Å². The summed E-state index contributed by atoms with van der Waals surface area (Å²) in [5, 5.41) is 3.18. The fourth-order valence-corrected chi connectivity index (χ4v) is 4.18. The van der Waals surface area contributed by atoms with Gasteiger partial charge in [-0.3, -0.25) is 15.2 Å². The Labute approximate surface area is 179 Å². The summed E-state index contributed by atoms with van der Waals surface area (Å²) in [6, 6.07) is 17.8. The third kappa shape index (κ3) is 5.19. The lowest BCUT2D eigenvalue weighted by molar-refractivity contribution is 0.254. The van der Waals surface area contributed by atoms with Crippen LogP contribution < -0.4 is 20.5 Å². The van der Waals surface area contributed by atoms with Crippen molar-refractivity contribution in [3.8, 4) is 0 Å². The highest BCUT2D eigenvalue weighted by atomic mass is 35.5. The summed E-state index contributed by atoms with van der Waals surface area (Å²) in [4.78, 5) is 16.0. The Balaban J connectivity index is 1.64. The number of anilines is 3. The van der Waals surface area contributed by atoms with Crippen molar-refractivity contribution in [3.05, 3.63) is 77.9 Å². The number of carbonyl (C=O) groups excluding carboxylic acids is 1. The normalized spacial score (nSPS) is 10.9. The summed E-state index contributed by atoms with van der Waals surface area (Å²) in [6.07, 6.45) is 1.24. The van der Waals surface area contributed by atoms with E-state index in [1.807, 2.05) is 6.07 Å². The molecule has 0 atom stereocenters. The van der Waals surface area contributed by atoms with Crippen LogP contribution in [-0.4, -0.2) is 26.0 Å². The molecule has 0 spiro atoms. The number of pyridine rings is 1. The number of rotatable bonds is 7. The molecule has 3 N–H and O–H groups in total. The monoisotopic (exact) mass is 445 g/mol. The lowest BCUT2D eigenvalue weighted by atomic mass is 10.3. The lowest BCUT2D eigenvalue weighted by Gasteiger charge is -2.22. The maximum absolute atomic E-state index is 12.9. The van der Waals surface area contributed by atoms with Crippen molar-refractivity contribution < 1.29 is 13.2 Å². The molecule has 0 saturated heterocycles. The Morgan fingerprint density at radius 2 is 1.73 bits per heavy atom. The molecule has 8 nitrogen and oxygen atoms in total. The largest absolute Gasteiger partial charge is 0.337 e. The molecule has 0 unspecified atom stereocenters. The van der Waals surface area contributed by atoms with Gasteiger partial charge in [0.1, 0.15) is 10.7 Å². The minimum Gasteiger partial charge on any atom is -0.307 e. The van der Waals surface area contributed by atoms with E-state index in [0.29, 0.717) is 16.4 Å². The highest BCUT2D eigenvalue weighted by Crippen LogP contribution is 2.23. The van der Waals surface area contributed by atoms with Gasteiger partial charge in [-0.15, -0.1) is 0 Å². The number of hydrogen-bond acceptors (Lipinski definition) is 5. The Hall–Kier alpha value is -3.30. The zero-order valence-corrected chi connectivity index (χ0v) is 17.6. The van der Waals surface area contributed by atoms with Crippen molar-refractivity contribution in [1.82, 2.24) is 10.4 Å². The first kappa shape index (κ1) is 21.4. The number of nitrogens with one attached hydrogen (secondary N) is 3. The van der Waals surface area contributed by atoms with Crippen molar-refractivity contribution in [2.75, 3.05) is 21.6 Å². The smallest absolute Gasteiger partial charge is 0.307 e. The van der Waals surface area contributed by atoms with E-state index in [1.165, 1.54) is 22.6 Å². The molecule has 0 aliphatic carbocycles. The molecule has 1 heterocycles. The standard InChI is InChI=1S/C20H20ClN5O3S/c1-2-26(17-6-4-3-5-7-17)30(28,29)18-12-13-19(22-14-18)24-25-20(27)23-16-10-8-15(21)9-11-16/h3-14H,2H2,1H3,(H,22,24)(H2,23,25,27). The fourth-order valence-electron chi connectivity index (χ4n) is 2.64. The average molecular weight is 446 g/mol. The quantitative estimate of drug-likeness (QED) is 0.475. The van der Waals surface area contributed by atoms with Crippen LogP contribution in [0.4, 0.5) is 22.0 Å². The maximum Gasteiger partial charge on any atom is 0.337 e. The summed E-state index contributed by atoms with van der Waals surface area (Å²) in [5.41, 5.74) is 6.18. The second-order valence-corrected chi connectivity index (χ2v) is 8.39. The Kier molecular flexibility index (Phi) is 6.76. The summed E-state index contributed by atoms with van der Waals surface area (Å²) < 4.78 is 27.2. The van der Waals surface area contributed by atoms with Gasteiger partial charge in [0.25, 0.3) is 10.0 Å². The number of hydrazine groups is 1. The van der Waals surface area contributed by atoms with Crippen LogP contribution in [0.3, 0.4) is 0 Å². The second-order valence-electron chi connectivity index (χ2n) is 6.10. The van der Waals surface area contributed by atoms with Crippen molar-refractivity contribution in [2.24, 2.45) is 0 Å². The van der Waals surface area contributed by atoms with Crippen LogP contribution in [0, 0.1) is 0 Å². The first-order valence-electron chi connectivity index (χ1n) is 9.02. The summed E-state index contributed by atoms with van der Waals surface area (Å²) in [5.74, 6) is 0.281. The van der Waals surface area contributed by atoms with E-state index in [9.17, 15) is 13.2 Å². The van der Waals surface area contributed by atoms with Crippen LogP contribution in [0.2, 0.25) is 5.02 Å². The molecule has 1 aromatic heterocycles. The molecule has 30 heavy (non-hydrogen) atoms. The van der Waals surface area contributed by atoms with E-state index in [-0.39, 0.29) is 17.3 Å².